The number of nitrogens with zero attached hydrogens (tertiary/aromatic N) is 2. The third-order valence-corrected chi connectivity index (χ3v) is 7.54. The summed E-state index contributed by atoms with van der Waals surface area (Å²) in [5, 5.41) is 3.14. The van der Waals surface area contributed by atoms with Gasteiger partial charge in [0.2, 0.25) is 11.8 Å². The van der Waals surface area contributed by atoms with Crippen LogP contribution in [0.3, 0.4) is 0 Å². The highest BCUT2D eigenvalue weighted by Crippen LogP contribution is 2.31. The van der Waals surface area contributed by atoms with Crippen LogP contribution in [0.25, 0.3) is 0 Å². The van der Waals surface area contributed by atoms with E-state index in [1.807, 2.05) is 43.3 Å². The monoisotopic (exact) mass is 477 g/mol. The van der Waals surface area contributed by atoms with Crippen molar-refractivity contribution in [1.82, 2.24) is 4.90 Å². The third-order valence-electron chi connectivity index (χ3n) is 7.54. The van der Waals surface area contributed by atoms with Gasteiger partial charge in [-0.05, 0) is 61.4 Å². The lowest BCUT2D eigenvalue weighted by Gasteiger charge is -2.36. The molecule has 2 unspecified atom stereocenters. The molecular formula is C30H43N3O2. The summed E-state index contributed by atoms with van der Waals surface area (Å²) in [5.74, 6) is 0.530. The molecular weight excluding hydrogens is 434 g/mol. The fourth-order valence-electron chi connectivity index (χ4n) is 5.06. The lowest BCUT2D eigenvalue weighted by Crippen LogP contribution is -2.43. The van der Waals surface area contributed by atoms with Gasteiger partial charge in [0.1, 0.15) is 0 Å². The molecule has 2 amide bonds. The molecule has 35 heavy (non-hydrogen) atoms. The first-order chi connectivity index (χ1) is 16.7. The lowest BCUT2D eigenvalue weighted by atomic mass is 9.92. The van der Waals surface area contributed by atoms with Crippen LogP contribution in [-0.2, 0) is 16.1 Å². The van der Waals surface area contributed by atoms with E-state index in [4.69, 9.17) is 0 Å². The maximum Gasteiger partial charge on any atom is 0.230 e. The number of carbonyl (C=O) groups is 2. The van der Waals surface area contributed by atoms with Crippen LogP contribution in [-0.4, -0.2) is 36.9 Å². The van der Waals surface area contributed by atoms with Gasteiger partial charge in [-0.1, -0.05) is 63.9 Å². The molecule has 1 saturated carbocycles. The number of hydrogen-bond acceptors (Lipinski definition) is 3. The van der Waals surface area contributed by atoms with Crippen LogP contribution in [0, 0.1) is 11.8 Å². The van der Waals surface area contributed by atoms with Gasteiger partial charge in [0, 0.05) is 44.0 Å². The van der Waals surface area contributed by atoms with Gasteiger partial charge in [-0.3, -0.25) is 9.59 Å². The fourth-order valence-corrected chi connectivity index (χ4v) is 5.06. The molecule has 0 bridgehead atoms. The molecule has 0 spiro atoms. The lowest BCUT2D eigenvalue weighted by molar-refractivity contribution is -0.136. The highest BCUT2D eigenvalue weighted by atomic mass is 16.2. The second-order valence-corrected chi connectivity index (χ2v) is 10.5. The van der Waals surface area contributed by atoms with Gasteiger partial charge in [0.05, 0.1) is 5.92 Å². The van der Waals surface area contributed by atoms with Gasteiger partial charge in [-0.15, -0.1) is 0 Å². The number of rotatable bonds is 10. The van der Waals surface area contributed by atoms with Gasteiger partial charge in [-0.25, -0.2) is 0 Å². The molecule has 2 aromatic carbocycles. The minimum atomic E-state index is -0.176. The normalized spacial score (nSPS) is 15.6. The van der Waals surface area contributed by atoms with Gasteiger partial charge < -0.3 is 15.1 Å². The average Bonchev–Trinajstić information content (AvgIpc) is 3.38. The SMILES string of the molecule is CCC(C(=O)N(Cc1cc(NC(=O)C2CCCC2)ccc1N(C)C)C(C)C(C)C)c1ccccc1. The van der Waals surface area contributed by atoms with Crippen molar-refractivity contribution in [3.05, 3.63) is 59.7 Å². The molecule has 0 aromatic heterocycles. The third kappa shape index (κ3) is 6.65. The van der Waals surface area contributed by atoms with Crippen LogP contribution in [0.1, 0.15) is 76.8 Å². The Kier molecular flexibility index (Phi) is 9.36. The molecule has 0 aliphatic heterocycles. The van der Waals surface area contributed by atoms with E-state index in [0.29, 0.717) is 12.5 Å². The van der Waals surface area contributed by atoms with Crippen molar-refractivity contribution in [1.29, 1.82) is 0 Å². The molecule has 1 aliphatic rings. The van der Waals surface area contributed by atoms with E-state index in [-0.39, 0.29) is 29.7 Å². The summed E-state index contributed by atoms with van der Waals surface area (Å²) in [5.41, 5.74) is 3.97. The Balaban J connectivity index is 1.93. The summed E-state index contributed by atoms with van der Waals surface area (Å²) < 4.78 is 0. The number of benzene rings is 2. The number of anilines is 2. The second-order valence-electron chi connectivity index (χ2n) is 10.5. The fraction of sp³-hybridized carbons (Fsp3) is 0.533. The number of amides is 2. The molecule has 5 nitrogen and oxygen atoms in total. The zero-order valence-corrected chi connectivity index (χ0v) is 22.4. The largest absolute Gasteiger partial charge is 0.377 e. The minimum absolute atomic E-state index is 0.0759. The molecule has 0 saturated heterocycles. The molecule has 2 atom stereocenters. The minimum Gasteiger partial charge on any atom is -0.377 e. The molecule has 0 radical (unpaired) electrons. The highest BCUT2D eigenvalue weighted by Gasteiger charge is 2.30. The zero-order valence-electron chi connectivity index (χ0n) is 22.4. The van der Waals surface area contributed by atoms with Gasteiger partial charge in [0.25, 0.3) is 0 Å². The summed E-state index contributed by atoms with van der Waals surface area (Å²) in [6.07, 6.45) is 4.96. The van der Waals surface area contributed by atoms with Gasteiger partial charge in [0.15, 0.2) is 0 Å². The Bertz CT molecular complexity index is 980. The predicted octanol–water partition coefficient (Wildman–Crippen LogP) is 6.45. The average molecular weight is 478 g/mol. The van der Waals surface area contributed by atoms with Crippen LogP contribution < -0.4 is 10.2 Å². The standard InChI is InChI=1S/C30H43N3O2/c1-7-27(23-13-9-8-10-14-23)30(35)33(22(4)21(2)3)20-25-19-26(17-18-28(25)32(5)6)31-29(34)24-15-11-12-16-24/h8-10,13-14,17-19,21-22,24,27H,7,11-12,15-16,20H2,1-6H3,(H,31,34). The van der Waals surface area contributed by atoms with Crippen molar-refractivity contribution < 1.29 is 9.59 Å². The summed E-state index contributed by atoms with van der Waals surface area (Å²) in [6, 6.07) is 16.3. The second kappa shape index (κ2) is 12.2. The molecule has 1 N–H and O–H groups in total. The Labute approximate surface area is 211 Å². The van der Waals surface area contributed by atoms with E-state index in [1.54, 1.807) is 0 Å². The Morgan fingerprint density at radius 2 is 1.66 bits per heavy atom. The molecule has 2 aromatic rings. The Morgan fingerprint density at radius 1 is 1.00 bits per heavy atom. The number of hydrogen-bond donors (Lipinski definition) is 1. The molecule has 3 rings (SSSR count). The van der Waals surface area contributed by atoms with E-state index >= 15 is 0 Å². The molecule has 0 heterocycles. The van der Waals surface area contributed by atoms with Crippen molar-refractivity contribution in [3.8, 4) is 0 Å². The van der Waals surface area contributed by atoms with Crippen molar-refractivity contribution in [2.24, 2.45) is 11.8 Å². The molecule has 1 fully saturated rings. The van der Waals surface area contributed by atoms with Crippen LogP contribution in [0.4, 0.5) is 11.4 Å². The van der Waals surface area contributed by atoms with Crippen LogP contribution in [0.2, 0.25) is 0 Å². The van der Waals surface area contributed by atoms with E-state index < -0.39 is 0 Å². The summed E-state index contributed by atoms with van der Waals surface area (Å²) >= 11 is 0. The number of carbonyl (C=O) groups excluding carboxylic acids is 2. The topological polar surface area (TPSA) is 52.7 Å². The van der Waals surface area contributed by atoms with Crippen molar-refractivity contribution >= 4 is 23.2 Å². The predicted molar refractivity (Wildman–Crippen MR) is 146 cm³/mol. The Morgan fingerprint density at radius 3 is 2.23 bits per heavy atom. The first kappa shape index (κ1) is 26.8. The van der Waals surface area contributed by atoms with E-state index in [0.717, 1.165) is 54.6 Å². The molecule has 5 heteroatoms. The van der Waals surface area contributed by atoms with Crippen molar-refractivity contribution in [3.63, 3.8) is 0 Å². The van der Waals surface area contributed by atoms with E-state index in [2.05, 4.69) is 62.2 Å². The van der Waals surface area contributed by atoms with Crippen molar-refractivity contribution in [2.45, 2.75) is 78.3 Å². The summed E-state index contributed by atoms with van der Waals surface area (Å²) in [4.78, 5) is 30.9. The van der Waals surface area contributed by atoms with Crippen LogP contribution in [0.5, 0.6) is 0 Å². The maximum atomic E-state index is 14.0. The van der Waals surface area contributed by atoms with Crippen LogP contribution in [0.15, 0.2) is 48.5 Å². The van der Waals surface area contributed by atoms with Gasteiger partial charge >= 0.3 is 0 Å². The smallest absolute Gasteiger partial charge is 0.230 e. The van der Waals surface area contributed by atoms with E-state index in [1.165, 1.54) is 0 Å². The van der Waals surface area contributed by atoms with Gasteiger partial charge in [-0.2, -0.15) is 0 Å². The quantitative estimate of drug-likeness (QED) is 0.428. The molecule has 190 valence electrons. The zero-order chi connectivity index (χ0) is 25.5. The first-order valence-electron chi connectivity index (χ1n) is 13.2. The first-order valence-corrected chi connectivity index (χ1v) is 13.2. The van der Waals surface area contributed by atoms with E-state index in [9.17, 15) is 9.59 Å². The maximum absolute atomic E-state index is 14.0. The number of nitrogens with one attached hydrogen (secondary N) is 1. The summed E-state index contributed by atoms with van der Waals surface area (Å²) in [7, 11) is 4.04. The molecule has 1 aliphatic carbocycles. The van der Waals surface area contributed by atoms with Crippen LogP contribution >= 0.6 is 0 Å². The summed E-state index contributed by atoms with van der Waals surface area (Å²) in [6.45, 7) is 9.06. The highest BCUT2D eigenvalue weighted by molar-refractivity contribution is 5.93. The van der Waals surface area contributed by atoms with Crippen molar-refractivity contribution in [2.75, 3.05) is 24.3 Å². The Hall–Kier alpha value is -2.82.